The fourth-order valence-electron chi connectivity index (χ4n) is 3.81. The molecule has 0 bridgehead atoms. The van der Waals surface area contributed by atoms with Crippen LogP contribution in [0.5, 0.6) is 11.5 Å². The van der Waals surface area contributed by atoms with E-state index in [-0.39, 0.29) is 22.1 Å². The molecule has 8 heteroatoms. The highest BCUT2D eigenvalue weighted by atomic mass is 35.5. The van der Waals surface area contributed by atoms with E-state index in [1.807, 2.05) is 12.2 Å². The number of halogens is 4. The summed E-state index contributed by atoms with van der Waals surface area (Å²) in [6, 6.07) is 12.7. The molecule has 0 spiro atoms. The number of hydrogen-bond donors (Lipinski definition) is 0. The van der Waals surface area contributed by atoms with Gasteiger partial charge in [0.2, 0.25) is 0 Å². The van der Waals surface area contributed by atoms with Crippen LogP contribution < -0.4 is 9.47 Å². The van der Waals surface area contributed by atoms with Crippen molar-refractivity contribution in [1.29, 1.82) is 0 Å². The third kappa shape index (κ3) is 3.40. The number of rotatable bonds is 3. The Morgan fingerprint density at radius 3 is 2.22 bits per heavy atom. The molecular weight excluding hydrogens is 459 g/mol. The molecule has 32 heavy (non-hydrogen) atoms. The van der Waals surface area contributed by atoms with Crippen molar-refractivity contribution in [2.45, 2.75) is 5.79 Å². The van der Waals surface area contributed by atoms with Crippen LogP contribution in [0.2, 0.25) is 10.0 Å². The summed E-state index contributed by atoms with van der Waals surface area (Å²) in [6.45, 7) is 0.819. The van der Waals surface area contributed by atoms with Gasteiger partial charge in [0.1, 0.15) is 11.6 Å². The van der Waals surface area contributed by atoms with Crippen molar-refractivity contribution in [1.82, 2.24) is 4.90 Å². The minimum Gasteiger partial charge on any atom is -0.440 e. The molecule has 1 unspecified atom stereocenters. The van der Waals surface area contributed by atoms with Gasteiger partial charge in [-0.2, -0.15) is 0 Å². The molecule has 0 saturated carbocycles. The highest BCUT2D eigenvalue weighted by molar-refractivity contribution is 6.35. The number of hydrogen-bond acceptors (Lipinski definition) is 3. The summed E-state index contributed by atoms with van der Waals surface area (Å²) in [5.41, 5.74) is 0.688. The average Bonchev–Trinajstić information content (AvgIpc) is 3.41. The van der Waals surface area contributed by atoms with Crippen molar-refractivity contribution in [2.24, 2.45) is 0 Å². The first-order valence-electron chi connectivity index (χ1n) is 9.75. The van der Waals surface area contributed by atoms with E-state index in [9.17, 15) is 13.6 Å². The van der Waals surface area contributed by atoms with E-state index < -0.39 is 23.3 Å². The number of ether oxygens (including phenoxy) is 2. The lowest BCUT2D eigenvalue weighted by Gasteiger charge is -2.29. The highest BCUT2D eigenvalue weighted by Gasteiger charge is 2.47. The number of fused-ring (bicyclic) bond motifs is 1. The van der Waals surface area contributed by atoms with Gasteiger partial charge in [0.25, 0.3) is 5.91 Å². The molecule has 0 aromatic heterocycles. The zero-order chi connectivity index (χ0) is 22.5. The van der Waals surface area contributed by atoms with Crippen LogP contribution in [0.4, 0.5) is 8.78 Å². The highest BCUT2D eigenvalue weighted by Crippen LogP contribution is 2.50. The van der Waals surface area contributed by atoms with Crippen LogP contribution >= 0.6 is 23.2 Å². The Morgan fingerprint density at radius 2 is 1.56 bits per heavy atom. The van der Waals surface area contributed by atoms with E-state index in [4.69, 9.17) is 32.7 Å². The van der Waals surface area contributed by atoms with Crippen LogP contribution in [-0.2, 0) is 5.79 Å². The van der Waals surface area contributed by atoms with Gasteiger partial charge in [-0.1, -0.05) is 35.4 Å². The standard InChI is InChI=1S/C24H15Cl2F2NO3/c25-15-5-8-18(19(26)11-15)24(14-3-6-16(27)7-4-14)31-21-12-17(20(28)13-22(21)32-24)23(30)29-9-1-2-10-29/h1-8,11-13H,9-10H2. The number of amides is 1. The van der Waals surface area contributed by atoms with Crippen molar-refractivity contribution >= 4 is 29.1 Å². The second kappa shape index (κ2) is 7.80. The monoisotopic (exact) mass is 473 g/mol. The Kier molecular flexibility index (Phi) is 5.07. The predicted molar refractivity (Wildman–Crippen MR) is 116 cm³/mol. The van der Waals surface area contributed by atoms with Crippen molar-refractivity contribution in [3.05, 3.63) is 105 Å². The minimum atomic E-state index is -1.62. The summed E-state index contributed by atoms with van der Waals surface area (Å²) in [5.74, 6) is -3.00. The number of carbonyl (C=O) groups is 1. The Morgan fingerprint density at radius 1 is 0.906 bits per heavy atom. The van der Waals surface area contributed by atoms with Gasteiger partial charge in [-0.15, -0.1) is 0 Å². The van der Waals surface area contributed by atoms with Crippen molar-refractivity contribution in [2.75, 3.05) is 13.1 Å². The zero-order valence-corrected chi connectivity index (χ0v) is 18.0. The minimum absolute atomic E-state index is 0.0916. The molecule has 0 N–H and O–H groups in total. The molecule has 2 aliphatic heterocycles. The van der Waals surface area contributed by atoms with Crippen molar-refractivity contribution in [3.8, 4) is 11.5 Å². The number of nitrogens with zero attached hydrogens (tertiary/aromatic N) is 1. The van der Waals surface area contributed by atoms with E-state index in [1.165, 1.54) is 41.3 Å². The molecule has 5 rings (SSSR count). The molecular formula is C24H15Cl2F2NO3. The predicted octanol–water partition coefficient (Wildman–Crippen LogP) is 5.96. The summed E-state index contributed by atoms with van der Waals surface area (Å²) in [5, 5.41) is 0.649. The van der Waals surface area contributed by atoms with Gasteiger partial charge >= 0.3 is 5.79 Å². The normalized spacial score (nSPS) is 18.9. The van der Waals surface area contributed by atoms with Gasteiger partial charge in [-0.25, -0.2) is 8.78 Å². The summed E-state index contributed by atoms with van der Waals surface area (Å²) in [4.78, 5) is 14.3. The van der Waals surface area contributed by atoms with Crippen LogP contribution in [0.1, 0.15) is 21.5 Å². The molecule has 0 aliphatic carbocycles. The molecule has 3 aromatic carbocycles. The second-order valence-electron chi connectivity index (χ2n) is 7.41. The van der Waals surface area contributed by atoms with Gasteiger partial charge < -0.3 is 14.4 Å². The smallest absolute Gasteiger partial charge is 0.307 e. The molecule has 3 aromatic rings. The Bertz CT molecular complexity index is 1250. The molecule has 2 aliphatic rings. The van der Waals surface area contributed by atoms with Crippen LogP contribution in [0, 0.1) is 11.6 Å². The molecule has 0 saturated heterocycles. The van der Waals surface area contributed by atoms with Gasteiger partial charge in [0, 0.05) is 29.7 Å². The molecule has 1 atom stereocenters. The lowest BCUT2D eigenvalue weighted by molar-refractivity contribution is -0.0459. The van der Waals surface area contributed by atoms with E-state index in [1.54, 1.807) is 12.1 Å². The number of benzene rings is 3. The molecule has 1 amide bonds. The maximum Gasteiger partial charge on any atom is 0.307 e. The Hall–Kier alpha value is -3.09. The third-order valence-corrected chi connectivity index (χ3v) is 5.93. The number of carbonyl (C=O) groups excluding carboxylic acids is 1. The SMILES string of the molecule is O=C(c1cc2c(cc1F)OC(c1ccc(F)cc1)(c1ccc(Cl)cc1Cl)O2)N1CC=CC1. The summed E-state index contributed by atoms with van der Waals surface area (Å²) < 4.78 is 40.8. The van der Waals surface area contributed by atoms with Crippen molar-refractivity contribution < 1.29 is 23.0 Å². The fourth-order valence-corrected chi connectivity index (χ4v) is 4.35. The van der Waals surface area contributed by atoms with Gasteiger partial charge in [0.15, 0.2) is 11.5 Å². The Labute approximate surface area is 192 Å². The molecule has 162 valence electrons. The van der Waals surface area contributed by atoms with Crippen LogP contribution in [0.15, 0.2) is 66.7 Å². The zero-order valence-electron chi connectivity index (χ0n) is 16.4. The van der Waals surface area contributed by atoms with E-state index in [0.29, 0.717) is 29.2 Å². The average molecular weight is 474 g/mol. The molecule has 2 heterocycles. The third-order valence-electron chi connectivity index (χ3n) is 5.39. The molecule has 0 fully saturated rings. The van der Waals surface area contributed by atoms with Gasteiger partial charge in [0.05, 0.1) is 16.1 Å². The van der Waals surface area contributed by atoms with Crippen LogP contribution in [0.3, 0.4) is 0 Å². The topological polar surface area (TPSA) is 38.8 Å². The first-order chi connectivity index (χ1) is 15.4. The summed E-state index contributed by atoms with van der Waals surface area (Å²) in [6.07, 6.45) is 3.68. The van der Waals surface area contributed by atoms with Gasteiger partial charge in [-0.3, -0.25) is 4.79 Å². The van der Waals surface area contributed by atoms with E-state index in [2.05, 4.69) is 0 Å². The summed E-state index contributed by atoms with van der Waals surface area (Å²) in [7, 11) is 0. The lowest BCUT2D eigenvalue weighted by Crippen LogP contribution is -2.37. The Balaban J connectivity index is 1.62. The maximum absolute atomic E-state index is 14.9. The van der Waals surface area contributed by atoms with Crippen LogP contribution in [-0.4, -0.2) is 23.9 Å². The lowest BCUT2D eigenvalue weighted by atomic mass is 9.97. The largest absolute Gasteiger partial charge is 0.440 e. The second-order valence-corrected chi connectivity index (χ2v) is 8.26. The van der Waals surface area contributed by atoms with Crippen molar-refractivity contribution in [3.63, 3.8) is 0 Å². The molecule has 4 nitrogen and oxygen atoms in total. The van der Waals surface area contributed by atoms with E-state index >= 15 is 0 Å². The summed E-state index contributed by atoms with van der Waals surface area (Å²) >= 11 is 12.5. The first-order valence-corrected chi connectivity index (χ1v) is 10.5. The fraction of sp³-hybridized carbons (Fsp3) is 0.125. The molecule has 0 radical (unpaired) electrons. The first kappa shape index (κ1) is 20.8. The maximum atomic E-state index is 14.9. The van der Waals surface area contributed by atoms with Crippen LogP contribution in [0.25, 0.3) is 0 Å². The quantitative estimate of drug-likeness (QED) is 0.440. The van der Waals surface area contributed by atoms with Gasteiger partial charge in [-0.05, 0) is 48.5 Å². The van der Waals surface area contributed by atoms with E-state index in [0.717, 1.165) is 6.07 Å².